The van der Waals surface area contributed by atoms with Gasteiger partial charge < -0.3 is 10.3 Å². The first-order valence-corrected chi connectivity index (χ1v) is 10.6. The lowest BCUT2D eigenvalue weighted by Crippen LogP contribution is -2.26. The van der Waals surface area contributed by atoms with Crippen molar-refractivity contribution in [1.29, 1.82) is 0 Å². The molecule has 0 spiro atoms. The molecule has 2 N–H and O–H groups in total. The number of H-pyrrole nitrogens is 1. The van der Waals surface area contributed by atoms with Gasteiger partial charge in [-0.3, -0.25) is 4.98 Å². The first-order chi connectivity index (χ1) is 13.3. The zero-order chi connectivity index (χ0) is 18.2. The highest BCUT2D eigenvalue weighted by atomic mass is 127. The summed E-state index contributed by atoms with van der Waals surface area (Å²) in [5.74, 6) is 0.718. The number of aromatic nitrogens is 4. The van der Waals surface area contributed by atoms with Gasteiger partial charge in [0.25, 0.3) is 0 Å². The Hall–Kier alpha value is -2.22. The maximum atomic E-state index is 4.70. The second kappa shape index (κ2) is 7.07. The second-order valence-corrected chi connectivity index (χ2v) is 8.92. The van der Waals surface area contributed by atoms with Gasteiger partial charge in [0.05, 0.1) is 5.52 Å². The highest BCUT2D eigenvalue weighted by Gasteiger charge is 2.20. The molecular weight excluding hydrogens is 449 g/mol. The van der Waals surface area contributed by atoms with Crippen LogP contribution in [0, 0.1) is 0 Å². The molecule has 5 nitrogen and oxygen atoms in total. The van der Waals surface area contributed by atoms with E-state index in [4.69, 9.17) is 4.98 Å². The maximum absolute atomic E-state index is 4.70. The molecule has 0 aliphatic heterocycles. The van der Waals surface area contributed by atoms with E-state index >= 15 is 0 Å². The Balaban J connectivity index is 1.44. The van der Waals surface area contributed by atoms with E-state index < -0.39 is 0 Å². The lowest BCUT2D eigenvalue weighted by molar-refractivity contribution is 0.480. The van der Waals surface area contributed by atoms with Crippen LogP contribution in [0.15, 0.2) is 48.9 Å². The first-order valence-electron chi connectivity index (χ1n) is 9.36. The van der Waals surface area contributed by atoms with E-state index in [0.29, 0.717) is 6.04 Å². The van der Waals surface area contributed by atoms with Crippen molar-refractivity contribution in [3.05, 3.63) is 48.9 Å². The van der Waals surface area contributed by atoms with Crippen LogP contribution in [0.25, 0.3) is 33.1 Å². The third kappa shape index (κ3) is 3.38. The van der Waals surface area contributed by atoms with Gasteiger partial charge in [0.2, 0.25) is 5.95 Å². The van der Waals surface area contributed by atoms with Crippen molar-refractivity contribution in [1.82, 2.24) is 19.9 Å². The molecule has 1 fully saturated rings. The molecule has 0 atom stereocenters. The van der Waals surface area contributed by atoms with Gasteiger partial charge in [0.1, 0.15) is 5.65 Å². The lowest BCUT2D eigenvalue weighted by atomic mass is 9.96. The molecule has 27 heavy (non-hydrogen) atoms. The number of nitrogens with one attached hydrogen (secondary N) is 2. The summed E-state index contributed by atoms with van der Waals surface area (Å²) in [5, 5.41) is 5.69. The fourth-order valence-corrected chi connectivity index (χ4v) is 4.56. The van der Waals surface area contributed by atoms with Crippen LogP contribution in [0.2, 0.25) is 0 Å². The van der Waals surface area contributed by atoms with Crippen LogP contribution in [0.1, 0.15) is 25.7 Å². The number of nitrogens with zero attached hydrogens (tertiary/aromatic N) is 3. The van der Waals surface area contributed by atoms with Gasteiger partial charge in [-0.05, 0) is 49.4 Å². The normalized spacial score (nSPS) is 20.2. The second-order valence-electron chi connectivity index (χ2n) is 7.16. The highest BCUT2D eigenvalue weighted by Crippen LogP contribution is 2.30. The summed E-state index contributed by atoms with van der Waals surface area (Å²) in [4.78, 5) is 17.0. The molecule has 0 radical (unpaired) electrons. The molecule has 136 valence electrons. The molecule has 1 aliphatic rings. The summed E-state index contributed by atoms with van der Waals surface area (Å²) in [5.41, 5.74) is 4.14. The van der Waals surface area contributed by atoms with E-state index in [-0.39, 0.29) is 0 Å². The number of pyridine rings is 1. The molecule has 1 saturated carbocycles. The summed E-state index contributed by atoms with van der Waals surface area (Å²) < 4.78 is 0.812. The van der Waals surface area contributed by atoms with Crippen LogP contribution >= 0.6 is 22.6 Å². The fraction of sp³-hybridized carbons (Fsp3) is 0.286. The Kier molecular flexibility index (Phi) is 4.43. The largest absolute Gasteiger partial charge is 0.351 e. The van der Waals surface area contributed by atoms with Crippen molar-refractivity contribution in [3.63, 3.8) is 0 Å². The standard InChI is InChI=1S/C21H20IN5/c22-15-4-6-16(7-5-15)26-21-25-12-18-17(11-24-20(18)27-21)13-3-8-19-14(10-13)2-1-9-23-19/h1-3,8-12,15-16H,4-7H2,(H2,24,25,26,27). The molecule has 1 aromatic carbocycles. The van der Waals surface area contributed by atoms with Crippen molar-refractivity contribution in [3.8, 4) is 11.1 Å². The Labute approximate surface area is 171 Å². The predicted octanol–water partition coefficient (Wildman–Crippen LogP) is 5.33. The van der Waals surface area contributed by atoms with Crippen molar-refractivity contribution in [2.75, 3.05) is 5.32 Å². The average molecular weight is 469 g/mol. The third-order valence-electron chi connectivity index (χ3n) is 5.34. The van der Waals surface area contributed by atoms with E-state index in [1.54, 1.807) is 0 Å². The first kappa shape index (κ1) is 16.9. The number of hydrogen-bond donors (Lipinski definition) is 2. The summed E-state index contributed by atoms with van der Waals surface area (Å²) in [6, 6.07) is 10.9. The molecule has 4 aromatic rings. The van der Waals surface area contributed by atoms with Gasteiger partial charge >= 0.3 is 0 Å². The van der Waals surface area contributed by atoms with Crippen LogP contribution in [0.3, 0.4) is 0 Å². The Morgan fingerprint density at radius 1 is 1.07 bits per heavy atom. The van der Waals surface area contributed by atoms with Crippen molar-refractivity contribution < 1.29 is 0 Å². The number of rotatable bonds is 3. The van der Waals surface area contributed by atoms with Gasteiger partial charge in [0, 0.05) is 44.9 Å². The lowest BCUT2D eigenvalue weighted by Gasteiger charge is -2.25. The van der Waals surface area contributed by atoms with Crippen LogP contribution in [-0.4, -0.2) is 29.9 Å². The van der Waals surface area contributed by atoms with Gasteiger partial charge in [-0.1, -0.05) is 34.7 Å². The minimum atomic E-state index is 0.482. The maximum Gasteiger partial charge on any atom is 0.224 e. The molecular formula is C21H20IN5. The Morgan fingerprint density at radius 3 is 2.85 bits per heavy atom. The van der Waals surface area contributed by atoms with Crippen LogP contribution in [0.4, 0.5) is 5.95 Å². The number of halogens is 1. The van der Waals surface area contributed by atoms with Crippen molar-refractivity contribution in [2.24, 2.45) is 0 Å². The van der Waals surface area contributed by atoms with E-state index in [9.17, 15) is 0 Å². The minimum Gasteiger partial charge on any atom is -0.351 e. The van der Waals surface area contributed by atoms with Gasteiger partial charge in [0.15, 0.2) is 0 Å². The topological polar surface area (TPSA) is 66.5 Å². The molecule has 3 heterocycles. The highest BCUT2D eigenvalue weighted by molar-refractivity contribution is 14.1. The molecule has 3 aromatic heterocycles. The quantitative estimate of drug-likeness (QED) is 0.315. The molecule has 5 rings (SSSR count). The van der Waals surface area contributed by atoms with E-state index in [1.807, 2.05) is 24.7 Å². The van der Waals surface area contributed by atoms with Crippen molar-refractivity contribution in [2.45, 2.75) is 35.6 Å². The Bertz CT molecular complexity index is 1100. The molecule has 6 heteroatoms. The van der Waals surface area contributed by atoms with E-state index in [2.05, 4.69) is 67.1 Å². The summed E-state index contributed by atoms with van der Waals surface area (Å²) in [6.07, 6.45) is 10.7. The molecule has 0 amide bonds. The zero-order valence-electron chi connectivity index (χ0n) is 14.8. The zero-order valence-corrected chi connectivity index (χ0v) is 17.0. The van der Waals surface area contributed by atoms with E-state index in [0.717, 1.165) is 42.9 Å². The number of anilines is 1. The third-order valence-corrected chi connectivity index (χ3v) is 6.58. The number of fused-ring (bicyclic) bond motifs is 2. The van der Waals surface area contributed by atoms with Crippen LogP contribution in [0.5, 0.6) is 0 Å². The molecule has 0 unspecified atom stereocenters. The predicted molar refractivity (Wildman–Crippen MR) is 118 cm³/mol. The average Bonchev–Trinajstić information content (AvgIpc) is 3.12. The van der Waals surface area contributed by atoms with E-state index in [1.165, 1.54) is 25.7 Å². The number of aromatic amines is 1. The number of benzene rings is 1. The van der Waals surface area contributed by atoms with Crippen LogP contribution < -0.4 is 5.32 Å². The number of hydrogen-bond acceptors (Lipinski definition) is 4. The molecule has 1 aliphatic carbocycles. The van der Waals surface area contributed by atoms with Crippen molar-refractivity contribution >= 4 is 50.5 Å². The molecule has 0 saturated heterocycles. The summed E-state index contributed by atoms with van der Waals surface area (Å²) in [6.45, 7) is 0. The molecule has 0 bridgehead atoms. The Morgan fingerprint density at radius 2 is 1.96 bits per heavy atom. The SMILES string of the molecule is IC1CCC(Nc2ncc3c(-c4ccc5ncccc5c4)c[nH]c3n2)CC1. The minimum absolute atomic E-state index is 0.482. The van der Waals surface area contributed by atoms with Gasteiger partial charge in [-0.15, -0.1) is 0 Å². The number of alkyl halides is 1. The van der Waals surface area contributed by atoms with Gasteiger partial charge in [-0.2, -0.15) is 4.98 Å². The van der Waals surface area contributed by atoms with Gasteiger partial charge in [-0.25, -0.2) is 4.98 Å². The smallest absolute Gasteiger partial charge is 0.224 e. The fourth-order valence-electron chi connectivity index (χ4n) is 3.84. The summed E-state index contributed by atoms with van der Waals surface area (Å²) >= 11 is 2.55. The summed E-state index contributed by atoms with van der Waals surface area (Å²) in [7, 11) is 0. The monoisotopic (exact) mass is 469 g/mol. The van der Waals surface area contributed by atoms with Crippen LogP contribution in [-0.2, 0) is 0 Å².